The lowest BCUT2D eigenvalue weighted by Crippen LogP contribution is -2.41. The number of hydrogen-bond donors (Lipinski definition) is 0. The highest BCUT2D eigenvalue weighted by molar-refractivity contribution is 8.00. The van der Waals surface area contributed by atoms with Crippen LogP contribution in [0.5, 0.6) is 0 Å². The van der Waals surface area contributed by atoms with Crippen molar-refractivity contribution in [2.45, 2.75) is 36.7 Å². The van der Waals surface area contributed by atoms with Gasteiger partial charge in [-0.3, -0.25) is 9.36 Å². The molecule has 2 atom stereocenters. The zero-order valence-electron chi connectivity index (χ0n) is 18.6. The second-order valence-electron chi connectivity index (χ2n) is 8.22. The number of halogens is 1. The van der Waals surface area contributed by atoms with Crippen LogP contribution >= 0.6 is 11.8 Å². The fourth-order valence-electron chi connectivity index (χ4n) is 3.85. The fourth-order valence-corrected chi connectivity index (χ4v) is 6.59. The summed E-state index contributed by atoms with van der Waals surface area (Å²) in [5.41, 5.74) is 2.14. The lowest BCUT2D eigenvalue weighted by Gasteiger charge is -2.26. The standard InChI is InChI=1S/C23H25FN4O3S2/c1-15-8-10-17(11-9-15)28-21(19-6-4-5-7-20(19)24)25-26-23(28)32-16(2)22(29)27(3)18-12-13-33(30,31)14-18/h4-11,16,18H,12-14H2,1-3H3. The van der Waals surface area contributed by atoms with Crippen molar-refractivity contribution < 1.29 is 17.6 Å². The van der Waals surface area contributed by atoms with E-state index < -0.39 is 20.9 Å². The zero-order valence-corrected chi connectivity index (χ0v) is 20.2. The van der Waals surface area contributed by atoms with Crippen LogP contribution in [0.4, 0.5) is 4.39 Å². The second kappa shape index (κ2) is 9.26. The molecule has 174 valence electrons. The molecular formula is C23H25FN4O3S2. The van der Waals surface area contributed by atoms with Gasteiger partial charge in [-0.2, -0.15) is 0 Å². The summed E-state index contributed by atoms with van der Waals surface area (Å²) in [6.07, 6.45) is 0.443. The third kappa shape index (κ3) is 4.96. The van der Waals surface area contributed by atoms with Gasteiger partial charge in [-0.1, -0.05) is 41.6 Å². The molecule has 0 radical (unpaired) electrons. The van der Waals surface area contributed by atoms with Gasteiger partial charge in [-0.25, -0.2) is 12.8 Å². The van der Waals surface area contributed by atoms with Crippen molar-refractivity contribution in [1.82, 2.24) is 19.7 Å². The van der Waals surface area contributed by atoms with Crippen molar-refractivity contribution in [2.24, 2.45) is 0 Å². The predicted molar refractivity (Wildman–Crippen MR) is 127 cm³/mol. The normalized spacial score (nSPS) is 18.2. The summed E-state index contributed by atoms with van der Waals surface area (Å²) in [7, 11) is -1.46. The molecular weight excluding hydrogens is 463 g/mol. The molecule has 1 fully saturated rings. The first-order chi connectivity index (χ1) is 15.7. The number of thioether (sulfide) groups is 1. The monoisotopic (exact) mass is 488 g/mol. The van der Waals surface area contributed by atoms with E-state index in [0.29, 0.717) is 23.0 Å². The van der Waals surface area contributed by atoms with E-state index in [1.54, 1.807) is 36.7 Å². The molecule has 2 unspecified atom stereocenters. The molecule has 1 amide bonds. The van der Waals surface area contributed by atoms with Crippen molar-refractivity contribution in [2.75, 3.05) is 18.6 Å². The van der Waals surface area contributed by atoms with E-state index in [1.165, 1.54) is 22.7 Å². The Balaban J connectivity index is 1.65. The van der Waals surface area contributed by atoms with Gasteiger partial charge in [0.15, 0.2) is 20.8 Å². The van der Waals surface area contributed by atoms with E-state index in [0.717, 1.165) is 11.3 Å². The Labute approximate surface area is 196 Å². The van der Waals surface area contributed by atoms with Gasteiger partial charge in [0.25, 0.3) is 0 Å². The number of amides is 1. The Morgan fingerprint density at radius 2 is 1.88 bits per heavy atom. The third-order valence-corrected chi connectivity index (χ3v) is 8.55. The number of carbonyl (C=O) groups is 1. The van der Waals surface area contributed by atoms with Gasteiger partial charge < -0.3 is 4.90 Å². The fraction of sp³-hybridized carbons (Fsp3) is 0.348. The SMILES string of the molecule is Cc1ccc(-n2c(SC(C)C(=O)N(C)C3CCS(=O)(=O)C3)nnc2-c2ccccc2F)cc1. The lowest BCUT2D eigenvalue weighted by atomic mass is 10.2. The van der Waals surface area contributed by atoms with Crippen LogP contribution in [0.3, 0.4) is 0 Å². The molecule has 3 aromatic rings. The average molecular weight is 489 g/mol. The van der Waals surface area contributed by atoms with Gasteiger partial charge >= 0.3 is 0 Å². The van der Waals surface area contributed by atoms with Crippen LogP contribution in [0, 0.1) is 12.7 Å². The van der Waals surface area contributed by atoms with Gasteiger partial charge in [0.05, 0.1) is 22.3 Å². The summed E-state index contributed by atoms with van der Waals surface area (Å²) in [6.45, 7) is 3.73. The Hall–Kier alpha value is -2.72. The summed E-state index contributed by atoms with van der Waals surface area (Å²) in [4.78, 5) is 14.6. The number of aromatic nitrogens is 3. The molecule has 0 aliphatic carbocycles. The summed E-state index contributed by atoms with van der Waals surface area (Å²) in [5.74, 6) is -0.169. The van der Waals surface area contributed by atoms with Crippen molar-refractivity contribution in [3.05, 3.63) is 59.9 Å². The first-order valence-electron chi connectivity index (χ1n) is 10.6. The smallest absolute Gasteiger partial charge is 0.235 e. The molecule has 7 nitrogen and oxygen atoms in total. The van der Waals surface area contributed by atoms with Crippen LogP contribution in [-0.4, -0.2) is 63.8 Å². The molecule has 0 N–H and O–H groups in total. The summed E-state index contributed by atoms with van der Waals surface area (Å²) in [6, 6.07) is 13.7. The summed E-state index contributed by atoms with van der Waals surface area (Å²) >= 11 is 1.21. The molecule has 1 aliphatic heterocycles. The van der Waals surface area contributed by atoms with E-state index in [9.17, 15) is 17.6 Å². The van der Waals surface area contributed by atoms with E-state index in [2.05, 4.69) is 10.2 Å². The average Bonchev–Trinajstić information content (AvgIpc) is 3.36. The number of rotatable bonds is 6. The van der Waals surface area contributed by atoms with Gasteiger partial charge in [0, 0.05) is 18.8 Å². The quantitative estimate of drug-likeness (QED) is 0.494. The van der Waals surface area contributed by atoms with E-state index >= 15 is 0 Å². The Morgan fingerprint density at radius 3 is 2.52 bits per heavy atom. The van der Waals surface area contributed by atoms with Crippen LogP contribution in [-0.2, 0) is 14.6 Å². The molecule has 0 saturated carbocycles. The van der Waals surface area contributed by atoms with Crippen LogP contribution in [0.15, 0.2) is 53.7 Å². The van der Waals surface area contributed by atoms with Crippen molar-refractivity contribution in [1.29, 1.82) is 0 Å². The van der Waals surface area contributed by atoms with E-state index in [-0.39, 0.29) is 23.5 Å². The molecule has 0 spiro atoms. The van der Waals surface area contributed by atoms with Gasteiger partial charge in [0.2, 0.25) is 5.91 Å². The summed E-state index contributed by atoms with van der Waals surface area (Å²) in [5, 5.41) is 8.43. The van der Waals surface area contributed by atoms with Crippen LogP contribution in [0.1, 0.15) is 18.9 Å². The number of benzene rings is 2. The minimum absolute atomic E-state index is 0.0103. The largest absolute Gasteiger partial charge is 0.341 e. The van der Waals surface area contributed by atoms with Crippen LogP contribution < -0.4 is 0 Å². The minimum Gasteiger partial charge on any atom is -0.341 e. The molecule has 10 heteroatoms. The van der Waals surface area contributed by atoms with Gasteiger partial charge in [-0.05, 0) is 44.5 Å². The number of carbonyl (C=O) groups excluding carboxylic acids is 1. The second-order valence-corrected chi connectivity index (χ2v) is 11.8. The molecule has 4 rings (SSSR count). The molecule has 1 aromatic heterocycles. The predicted octanol–water partition coefficient (Wildman–Crippen LogP) is 3.51. The van der Waals surface area contributed by atoms with E-state index in [4.69, 9.17) is 0 Å². The highest BCUT2D eigenvalue weighted by Crippen LogP contribution is 2.32. The molecule has 2 heterocycles. The van der Waals surface area contributed by atoms with Crippen molar-refractivity contribution in [3.8, 4) is 17.1 Å². The first kappa shape index (κ1) is 23.4. The maximum atomic E-state index is 14.6. The number of sulfone groups is 1. The van der Waals surface area contributed by atoms with E-state index in [1.807, 2.05) is 31.2 Å². The number of hydrogen-bond acceptors (Lipinski definition) is 6. The Kier molecular flexibility index (Phi) is 6.58. The Morgan fingerprint density at radius 1 is 1.18 bits per heavy atom. The third-order valence-electron chi connectivity index (χ3n) is 5.77. The Bertz CT molecular complexity index is 1280. The first-order valence-corrected chi connectivity index (χ1v) is 13.3. The maximum Gasteiger partial charge on any atom is 0.235 e. The van der Waals surface area contributed by atoms with Crippen molar-refractivity contribution in [3.63, 3.8) is 0 Å². The minimum atomic E-state index is -3.10. The van der Waals surface area contributed by atoms with Crippen LogP contribution in [0.2, 0.25) is 0 Å². The molecule has 0 bridgehead atoms. The maximum absolute atomic E-state index is 14.6. The topological polar surface area (TPSA) is 85.2 Å². The number of nitrogens with zero attached hydrogens (tertiary/aromatic N) is 4. The molecule has 1 aliphatic rings. The number of aryl methyl sites for hydroxylation is 1. The highest BCUT2D eigenvalue weighted by atomic mass is 32.2. The van der Waals surface area contributed by atoms with Crippen molar-refractivity contribution >= 4 is 27.5 Å². The zero-order chi connectivity index (χ0) is 23.8. The molecule has 33 heavy (non-hydrogen) atoms. The van der Waals surface area contributed by atoms with Gasteiger partial charge in [0.1, 0.15) is 5.82 Å². The van der Waals surface area contributed by atoms with Crippen LogP contribution in [0.25, 0.3) is 17.1 Å². The lowest BCUT2D eigenvalue weighted by molar-refractivity contribution is -0.130. The molecule has 2 aromatic carbocycles. The highest BCUT2D eigenvalue weighted by Gasteiger charge is 2.35. The van der Waals surface area contributed by atoms with Gasteiger partial charge in [-0.15, -0.1) is 10.2 Å². The summed E-state index contributed by atoms with van der Waals surface area (Å²) < 4.78 is 40.0. The molecule has 1 saturated heterocycles.